The Balaban J connectivity index is 1.52. The van der Waals surface area contributed by atoms with Crippen LogP contribution in [-0.2, 0) is 6.54 Å². The molecule has 138 valence electrons. The van der Waals surface area contributed by atoms with E-state index in [4.69, 9.17) is 4.74 Å². The quantitative estimate of drug-likeness (QED) is 0.829. The predicted molar refractivity (Wildman–Crippen MR) is 102 cm³/mol. The molecule has 0 bridgehead atoms. The fraction of sp³-hybridized carbons (Fsp3) is 0.455. The van der Waals surface area contributed by atoms with Gasteiger partial charge in [0.15, 0.2) is 0 Å². The van der Waals surface area contributed by atoms with Crippen LogP contribution in [0, 0.1) is 24.6 Å². The third kappa shape index (κ3) is 3.12. The number of aryl methyl sites for hydroxylation is 1. The highest BCUT2D eigenvalue weighted by Gasteiger charge is 2.46. The van der Waals surface area contributed by atoms with Crippen molar-refractivity contribution >= 4 is 0 Å². The van der Waals surface area contributed by atoms with Crippen molar-refractivity contribution in [2.45, 2.75) is 19.5 Å². The Labute approximate surface area is 155 Å². The van der Waals surface area contributed by atoms with E-state index in [1.807, 2.05) is 6.07 Å². The van der Waals surface area contributed by atoms with Crippen LogP contribution < -0.4 is 4.74 Å². The van der Waals surface area contributed by atoms with Crippen molar-refractivity contribution in [3.63, 3.8) is 0 Å². The first-order valence-electron chi connectivity index (χ1n) is 9.37. The molecule has 2 aliphatic heterocycles. The van der Waals surface area contributed by atoms with E-state index >= 15 is 0 Å². The molecular weight excluding hydrogens is 327 g/mol. The predicted octanol–water partition coefficient (Wildman–Crippen LogP) is 3.88. The maximum absolute atomic E-state index is 13.5. The molecular formula is C22H27FN2O. The molecule has 0 spiro atoms. The maximum atomic E-state index is 13.5. The summed E-state index contributed by atoms with van der Waals surface area (Å²) in [5.74, 6) is 1.74. The van der Waals surface area contributed by atoms with Crippen LogP contribution in [0.15, 0.2) is 42.5 Å². The van der Waals surface area contributed by atoms with Crippen LogP contribution in [0.25, 0.3) is 0 Å². The van der Waals surface area contributed by atoms with Crippen molar-refractivity contribution in [1.82, 2.24) is 9.80 Å². The zero-order chi connectivity index (χ0) is 18.3. The summed E-state index contributed by atoms with van der Waals surface area (Å²) in [6, 6.07) is 14.1. The third-order valence-corrected chi connectivity index (χ3v) is 6.12. The molecule has 0 unspecified atom stereocenters. The summed E-state index contributed by atoms with van der Waals surface area (Å²) in [6.45, 7) is 6.35. The zero-order valence-electron chi connectivity index (χ0n) is 15.8. The maximum Gasteiger partial charge on any atom is 0.126 e. The number of rotatable bonds is 4. The number of likely N-dealkylation sites (tertiary alicyclic amines) is 2. The average Bonchev–Trinajstić information content (AvgIpc) is 3.13. The number of nitrogens with zero attached hydrogens (tertiary/aromatic N) is 2. The normalized spacial score (nSPS) is 26.2. The second-order valence-electron chi connectivity index (χ2n) is 7.82. The Kier molecular flexibility index (Phi) is 4.72. The summed E-state index contributed by atoms with van der Waals surface area (Å²) in [7, 11) is 3.86. The Morgan fingerprint density at radius 1 is 1.12 bits per heavy atom. The second-order valence-corrected chi connectivity index (χ2v) is 7.82. The van der Waals surface area contributed by atoms with Crippen LogP contribution in [0.4, 0.5) is 4.39 Å². The van der Waals surface area contributed by atoms with E-state index in [-0.39, 0.29) is 5.82 Å². The molecule has 2 aromatic rings. The Bertz CT molecular complexity index is 793. The van der Waals surface area contributed by atoms with E-state index in [2.05, 4.69) is 48.0 Å². The van der Waals surface area contributed by atoms with Gasteiger partial charge in [-0.25, -0.2) is 4.39 Å². The topological polar surface area (TPSA) is 15.7 Å². The molecule has 4 rings (SSSR count). The first-order valence-corrected chi connectivity index (χ1v) is 9.37. The molecule has 2 heterocycles. The molecule has 0 radical (unpaired) electrons. The molecule has 0 N–H and O–H groups in total. The van der Waals surface area contributed by atoms with Gasteiger partial charge in [-0.05, 0) is 43.0 Å². The van der Waals surface area contributed by atoms with Crippen molar-refractivity contribution in [3.05, 3.63) is 65.0 Å². The van der Waals surface area contributed by atoms with Crippen molar-refractivity contribution < 1.29 is 9.13 Å². The van der Waals surface area contributed by atoms with Gasteiger partial charge >= 0.3 is 0 Å². The highest BCUT2D eigenvalue weighted by Crippen LogP contribution is 2.45. The number of ether oxygens (including phenoxy) is 1. The minimum atomic E-state index is -0.245. The second kappa shape index (κ2) is 7.01. The van der Waals surface area contributed by atoms with Crippen molar-refractivity contribution in [2.24, 2.45) is 11.8 Å². The van der Waals surface area contributed by atoms with Crippen LogP contribution >= 0.6 is 0 Å². The molecule has 3 atom stereocenters. The summed E-state index contributed by atoms with van der Waals surface area (Å²) in [5, 5.41) is 0. The number of hydrogen-bond donors (Lipinski definition) is 0. The average molecular weight is 354 g/mol. The molecule has 0 aliphatic carbocycles. The minimum Gasteiger partial charge on any atom is -0.496 e. The standard InChI is InChI=1S/C22H27FN2O/c1-15-6-4-5-7-19(15)22-20-14-25(13-17(20)11-24(22)2)12-16-8-9-18(23)10-21(16)26-3/h4-10,17,20,22H,11-14H2,1-3H3/t17-,20+,22+/m0/s1. The minimum absolute atomic E-state index is 0.245. The molecule has 2 aromatic carbocycles. The van der Waals surface area contributed by atoms with Crippen molar-refractivity contribution in [2.75, 3.05) is 33.8 Å². The molecule has 2 saturated heterocycles. The van der Waals surface area contributed by atoms with Gasteiger partial charge in [0, 0.05) is 43.9 Å². The number of fused-ring (bicyclic) bond motifs is 1. The van der Waals surface area contributed by atoms with Crippen LogP contribution in [0.1, 0.15) is 22.7 Å². The van der Waals surface area contributed by atoms with E-state index in [1.54, 1.807) is 7.11 Å². The molecule has 4 heteroatoms. The fourth-order valence-corrected chi connectivity index (χ4v) is 4.96. The third-order valence-electron chi connectivity index (χ3n) is 6.12. The van der Waals surface area contributed by atoms with Gasteiger partial charge in [-0.2, -0.15) is 0 Å². The van der Waals surface area contributed by atoms with Gasteiger partial charge in [-0.3, -0.25) is 9.80 Å². The van der Waals surface area contributed by atoms with Crippen molar-refractivity contribution in [3.8, 4) is 5.75 Å². The molecule has 0 saturated carbocycles. The lowest BCUT2D eigenvalue weighted by molar-refractivity contribution is 0.222. The van der Waals surface area contributed by atoms with Gasteiger partial charge in [0.2, 0.25) is 0 Å². The summed E-state index contributed by atoms with van der Waals surface area (Å²) in [5.41, 5.74) is 3.90. The van der Waals surface area contributed by atoms with Gasteiger partial charge < -0.3 is 4.74 Å². The van der Waals surface area contributed by atoms with Crippen LogP contribution in [0.3, 0.4) is 0 Å². The summed E-state index contributed by atoms with van der Waals surface area (Å²) in [4.78, 5) is 5.02. The monoisotopic (exact) mass is 354 g/mol. The molecule has 2 aliphatic rings. The molecule has 3 nitrogen and oxygen atoms in total. The van der Waals surface area contributed by atoms with E-state index in [9.17, 15) is 4.39 Å². The largest absolute Gasteiger partial charge is 0.496 e. The lowest BCUT2D eigenvalue weighted by atomic mass is 9.88. The first-order chi connectivity index (χ1) is 12.6. The Hall–Kier alpha value is -1.91. The molecule has 26 heavy (non-hydrogen) atoms. The van der Waals surface area contributed by atoms with Crippen molar-refractivity contribution in [1.29, 1.82) is 0 Å². The smallest absolute Gasteiger partial charge is 0.126 e. The number of methoxy groups -OCH3 is 1. The lowest BCUT2D eigenvalue weighted by Crippen LogP contribution is -2.29. The Morgan fingerprint density at radius 3 is 2.69 bits per heavy atom. The van der Waals surface area contributed by atoms with Crippen LogP contribution in [0.2, 0.25) is 0 Å². The highest BCUT2D eigenvalue weighted by molar-refractivity contribution is 5.34. The fourth-order valence-electron chi connectivity index (χ4n) is 4.96. The first kappa shape index (κ1) is 17.5. The number of benzene rings is 2. The van der Waals surface area contributed by atoms with Crippen LogP contribution in [0.5, 0.6) is 5.75 Å². The molecule has 0 aromatic heterocycles. The molecule has 2 fully saturated rings. The van der Waals surface area contributed by atoms with E-state index < -0.39 is 0 Å². The van der Waals surface area contributed by atoms with Crippen LogP contribution in [-0.4, -0.2) is 43.6 Å². The van der Waals surface area contributed by atoms with Gasteiger partial charge in [-0.1, -0.05) is 30.3 Å². The summed E-state index contributed by atoms with van der Waals surface area (Å²) in [6.07, 6.45) is 0. The summed E-state index contributed by atoms with van der Waals surface area (Å²) >= 11 is 0. The van der Waals surface area contributed by atoms with Gasteiger partial charge in [-0.15, -0.1) is 0 Å². The van der Waals surface area contributed by atoms with E-state index in [0.717, 1.165) is 31.7 Å². The van der Waals surface area contributed by atoms with Gasteiger partial charge in [0.25, 0.3) is 0 Å². The number of hydrogen-bond acceptors (Lipinski definition) is 3. The Morgan fingerprint density at radius 2 is 1.92 bits per heavy atom. The SMILES string of the molecule is COc1cc(F)ccc1CN1C[C@@H]2CN(C)[C@H](c3ccccc3C)[C@@H]2C1. The summed E-state index contributed by atoms with van der Waals surface area (Å²) < 4.78 is 18.8. The molecule has 0 amide bonds. The van der Waals surface area contributed by atoms with E-state index in [1.165, 1.54) is 23.3 Å². The van der Waals surface area contributed by atoms with Gasteiger partial charge in [0.05, 0.1) is 7.11 Å². The highest BCUT2D eigenvalue weighted by atomic mass is 19.1. The van der Waals surface area contributed by atoms with Gasteiger partial charge in [0.1, 0.15) is 11.6 Å². The number of halogens is 1. The lowest BCUT2D eigenvalue weighted by Gasteiger charge is -2.28. The zero-order valence-corrected chi connectivity index (χ0v) is 15.8. The van der Waals surface area contributed by atoms with E-state index in [0.29, 0.717) is 23.6 Å².